The summed E-state index contributed by atoms with van der Waals surface area (Å²) in [6.07, 6.45) is 16.1. The van der Waals surface area contributed by atoms with E-state index in [0.29, 0.717) is 0 Å². The van der Waals surface area contributed by atoms with Gasteiger partial charge in [0.25, 0.3) is 0 Å². The van der Waals surface area contributed by atoms with E-state index in [1.54, 1.807) is 0 Å². The molecular weight excluding hydrogens is 168 g/mol. The van der Waals surface area contributed by atoms with Crippen molar-refractivity contribution in [3.63, 3.8) is 0 Å². The van der Waals surface area contributed by atoms with E-state index in [1.807, 2.05) is 25.1 Å². The Kier molecular flexibility index (Phi) is 3.01. The lowest BCUT2D eigenvalue weighted by molar-refractivity contribution is 0.999. The molecule has 0 saturated heterocycles. The van der Waals surface area contributed by atoms with Crippen molar-refractivity contribution in [1.29, 1.82) is 0 Å². The molecule has 0 aliphatic heterocycles. The Morgan fingerprint density at radius 3 is 2.36 bits per heavy atom. The maximum atomic E-state index is 5.41. The van der Waals surface area contributed by atoms with Crippen LogP contribution in [-0.2, 0) is 0 Å². The third-order valence-corrected chi connectivity index (χ3v) is 2.11. The molecule has 0 aliphatic rings. The minimum Gasteiger partial charge on any atom is -0.119 e. The molecule has 1 aromatic rings. The Morgan fingerprint density at radius 2 is 1.86 bits per heavy atom. The van der Waals surface area contributed by atoms with Crippen molar-refractivity contribution in [2.24, 2.45) is 0 Å². The molecule has 0 N–H and O–H groups in total. The highest BCUT2D eigenvalue weighted by Gasteiger charge is 2.08. The number of benzene rings is 1. The number of terminal acetylenes is 3. The molecule has 0 aliphatic carbocycles. The van der Waals surface area contributed by atoms with Gasteiger partial charge in [-0.2, -0.15) is 0 Å². The van der Waals surface area contributed by atoms with Gasteiger partial charge in [-0.15, -0.1) is 19.3 Å². The molecule has 0 saturated carbocycles. The summed E-state index contributed by atoms with van der Waals surface area (Å²) in [6.45, 7) is 1.93. The second kappa shape index (κ2) is 4.23. The highest BCUT2D eigenvalue weighted by Crippen LogP contribution is 2.21. The molecule has 1 aromatic carbocycles. The average molecular weight is 178 g/mol. The highest BCUT2D eigenvalue weighted by molar-refractivity contribution is 5.55. The number of hydrogen-bond acceptors (Lipinski definition) is 0. The van der Waals surface area contributed by atoms with Crippen molar-refractivity contribution in [2.45, 2.75) is 12.8 Å². The molecule has 0 spiro atoms. The van der Waals surface area contributed by atoms with E-state index in [0.717, 1.165) is 16.7 Å². The first-order chi connectivity index (χ1) is 6.74. The minimum absolute atomic E-state index is 0.00523. The van der Waals surface area contributed by atoms with Crippen molar-refractivity contribution < 1.29 is 0 Å². The van der Waals surface area contributed by atoms with E-state index in [9.17, 15) is 0 Å². The van der Waals surface area contributed by atoms with Gasteiger partial charge in [0.05, 0.1) is 0 Å². The first kappa shape index (κ1) is 9.98. The third kappa shape index (κ3) is 1.64. The van der Waals surface area contributed by atoms with Gasteiger partial charge in [-0.3, -0.25) is 0 Å². The average Bonchev–Trinajstić information content (AvgIpc) is 2.26. The molecule has 0 radical (unpaired) electrons. The molecule has 1 rings (SSSR count). The normalized spacial score (nSPS) is 10.7. The van der Waals surface area contributed by atoms with E-state index in [2.05, 4.69) is 17.8 Å². The predicted molar refractivity (Wildman–Crippen MR) is 59.6 cm³/mol. The van der Waals surface area contributed by atoms with E-state index in [1.165, 1.54) is 0 Å². The second-order valence-corrected chi connectivity index (χ2v) is 2.95. The molecule has 1 unspecified atom stereocenters. The maximum Gasteiger partial charge on any atom is 0.0443 e. The molecule has 0 fully saturated rings. The Morgan fingerprint density at radius 1 is 1.14 bits per heavy atom. The quantitative estimate of drug-likeness (QED) is 0.579. The first-order valence-corrected chi connectivity index (χ1v) is 4.26. The van der Waals surface area contributed by atoms with Crippen molar-refractivity contribution >= 4 is 0 Å². The zero-order valence-electron chi connectivity index (χ0n) is 8.04. The zero-order valence-corrected chi connectivity index (χ0v) is 8.04. The number of hydrogen-bond donors (Lipinski definition) is 0. The summed E-state index contributed by atoms with van der Waals surface area (Å²) in [5.41, 5.74) is 2.41. The molecule has 66 valence electrons. The fourth-order valence-electron chi connectivity index (χ4n) is 1.30. The van der Waals surface area contributed by atoms with Crippen molar-refractivity contribution in [3.05, 3.63) is 34.9 Å². The van der Waals surface area contributed by atoms with Crippen molar-refractivity contribution in [2.75, 3.05) is 0 Å². The van der Waals surface area contributed by atoms with E-state index in [-0.39, 0.29) is 5.92 Å². The Bertz CT molecular complexity index is 458. The molecule has 0 amide bonds. The third-order valence-electron chi connectivity index (χ3n) is 2.11. The van der Waals surface area contributed by atoms with Crippen LogP contribution in [0, 0.1) is 37.0 Å². The lowest BCUT2D eigenvalue weighted by atomic mass is 9.93. The van der Waals surface area contributed by atoms with Gasteiger partial charge in [0.2, 0.25) is 0 Å². The van der Waals surface area contributed by atoms with Gasteiger partial charge in [-0.1, -0.05) is 29.9 Å². The first-order valence-electron chi connectivity index (χ1n) is 4.26. The van der Waals surface area contributed by atoms with Gasteiger partial charge in [0.1, 0.15) is 0 Å². The van der Waals surface area contributed by atoms with Crippen LogP contribution in [0.1, 0.15) is 29.5 Å². The Labute approximate surface area is 85.3 Å². The summed E-state index contributed by atoms with van der Waals surface area (Å²) < 4.78 is 0. The smallest absolute Gasteiger partial charge is 0.0443 e. The Balaban J connectivity index is 3.42. The monoisotopic (exact) mass is 178 g/mol. The van der Waals surface area contributed by atoms with Crippen LogP contribution >= 0.6 is 0 Å². The van der Waals surface area contributed by atoms with Gasteiger partial charge in [0, 0.05) is 17.0 Å². The molecule has 0 nitrogen and oxygen atoms in total. The maximum absolute atomic E-state index is 5.41. The van der Waals surface area contributed by atoms with Crippen molar-refractivity contribution in [1.82, 2.24) is 0 Å². The SMILES string of the molecule is C#Cc1cccc(C(C)C#C)c1C#C. The number of rotatable bonds is 1. The van der Waals surface area contributed by atoms with Crippen LogP contribution in [0.4, 0.5) is 0 Å². The molecule has 0 heteroatoms. The fraction of sp³-hybridized carbons (Fsp3) is 0.143. The van der Waals surface area contributed by atoms with E-state index >= 15 is 0 Å². The standard InChI is InChI=1S/C14H10/c1-5-11(4)14-10-8-9-12(6-2)13(14)7-3/h1-3,8-11H,4H3. The summed E-state index contributed by atoms with van der Waals surface area (Å²) >= 11 is 0. The summed E-state index contributed by atoms with van der Waals surface area (Å²) in [4.78, 5) is 0. The summed E-state index contributed by atoms with van der Waals surface area (Å²) in [7, 11) is 0. The van der Waals surface area contributed by atoms with Crippen LogP contribution < -0.4 is 0 Å². The highest BCUT2D eigenvalue weighted by atomic mass is 14.1. The van der Waals surface area contributed by atoms with Gasteiger partial charge >= 0.3 is 0 Å². The largest absolute Gasteiger partial charge is 0.119 e. The summed E-state index contributed by atoms with van der Waals surface area (Å²) in [5.74, 6) is 7.78. The molecule has 0 heterocycles. The van der Waals surface area contributed by atoms with Gasteiger partial charge in [-0.25, -0.2) is 0 Å². The van der Waals surface area contributed by atoms with Crippen molar-refractivity contribution in [3.8, 4) is 37.0 Å². The molecule has 1 atom stereocenters. The molecule has 0 aromatic heterocycles. The van der Waals surface area contributed by atoms with Crippen LogP contribution in [0.25, 0.3) is 0 Å². The van der Waals surface area contributed by atoms with Gasteiger partial charge in [-0.05, 0) is 18.6 Å². The Hall–Kier alpha value is -2.10. The zero-order chi connectivity index (χ0) is 10.6. The summed E-state index contributed by atoms with van der Waals surface area (Å²) in [6, 6.07) is 5.61. The fourth-order valence-corrected chi connectivity index (χ4v) is 1.30. The molecular formula is C14H10. The van der Waals surface area contributed by atoms with Crippen LogP contribution in [-0.4, -0.2) is 0 Å². The van der Waals surface area contributed by atoms with Crippen LogP contribution in [0.15, 0.2) is 18.2 Å². The van der Waals surface area contributed by atoms with E-state index < -0.39 is 0 Å². The lowest BCUT2D eigenvalue weighted by Gasteiger charge is -2.08. The van der Waals surface area contributed by atoms with E-state index in [4.69, 9.17) is 19.3 Å². The topological polar surface area (TPSA) is 0 Å². The predicted octanol–water partition coefficient (Wildman–Crippen LogP) is 2.39. The lowest BCUT2D eigenvalue weighted by Crippen LogP contribution is -1.96. The van der Waals surface area contributed by atoms with Gasteiger partial charge < -0.3 is 0 Å². The molecule has 14 heavy (non-hydrogen) atoms. The minimum atomic E-state index is -0.00523. The van der Waals surface area contributed by atoms with Gasteiger partial charge in [0.15, 0.2) is 0 Å². The van der Waals surface area contributed by atoms with Crippen LogP contribution in [0.3, 0.4) is 0 Å². The van der Waals surface area contributed by atoms with Crippen LogP contribution in [0.5, 0.6) is 0 Å². The second-order valence-electron chi connectivity index (χ2n) is 2.95. The van der Waals surface area contributed by atoms with Crippen LogP contribution in [0.2, 0.25) is 0 Å². The summed E-state index contributed by atoms with van der Waals surface area (Å²) in [5, 5.41) is 0. The molecule has 0 bridgehead atoms.